The number of aromatic nitrogens is 1. The van der Waals surface area contributed by atoms with Gasteiger partial charge in [0.15, 0.2) is 0 Å². The van der Waals surface area contributed by atoms with E-state index in [0.717, 1.165) is 42.2 Å². The Labute approximate surface area is 193 Å². The average molecular weight is 447 g/mol. The molecule has 2 bridgehead atoms. The molecule has 2 N–H and O–H groups in total. The lowest BCUT2D eigenvalue weighted by Crippen LogP contribution is -2.47. The van der Waals surface area contributed by atoms with Crippen LogP contribution < -0.4 is 0 Å². The van der Waals surface area contributed by atoms with Crippen LogP contribution >= 0.6 is 11.6 Å². The summed E-state index contributed by atoms with van der Waals surface area (Å²) in [6.07, 6.45) is 5.81. The van der Waals surface area contributed by atoms with E-state index in [-0.39, 0.29) is 12.0 Å². The van der Waals surface area contributed by atoms with Gasteiger partial charge in [0, 0.05) is 53.9 Å². The molecule has 2 unspecified atom stereocenters. The topological polar surface area (TPSA) is 56.6 Å². The third kappa shape index (κ3) is 2.97. The zero-order valence-electron chi connectivity index (χ0n) is 18.0. The van der Waals surface area contributed by atoms with Crippen LogP contribution in [0.25, 0.3) is 0 Å². The number of hydrogen-bond acceptors (Lipinski definition) is 4. The van der Waals surface area contributed by atoms with Crippen molar-refractivity contribution in [1.82, 2.24) is 9.88 Å². The molecule has 0 saturated carbocycles. The van der Waals surface area contributed by atoms with Crippen molar-refractivity contribution in [2.24, 2.45) is 0 Å². The van der Waals surface area contributed by atoms with Crippen LogP contribution in [0.15, 0.2) is 60.9 Å². The highest BCUT2D eigenvalue weighted by Gasteiger charge is 2.53. The number of nitrogens with zero attached hydrogens (tertiary/aromatic N) is 2. The molecule has 1 saturated heterocycles. The summed E-state index contributed by atoms with van der Waals surface area (Å²) in [4.78, 5) is 6.73. The smallest absolute Gasteiger partial charge is 0.0935 e. The Kier molecular flexibility index (Phi) is 4.71. The first-order valence-electron chi connectivity index (χ1n) is 11.4. The van der Waals surface area contributed by atoms with Gasteiger partial charge >= 0.3 is 0 Å². The highest BCUT2D eigenvalue weighted by Crippen LogP contribution is 2.60. The van der Waals surface area contributed by atoms with Crippen molar-refractivity contribution in [3.05, 3.63) is 99.3 Å². The Morgan fingerprint density at radius 1 is 1.00 bits per heavy atom. The van der Waals surface area contributed by atoms with Gasteiger partial charge in [0.25, 0.3) is 0 Å². The zero-order chi connectivity index (χ0) is 21.9. The second-order valence-corrected chi connectivity index (χ2v) is 10.1. The van der Waals surface area contributed by atoms with Crippen LogP contribution in [-0.2, 0) is 17.6 Å². The molecule has 6 rings (SSSR count). The van der Waals surface area contributed by atoms with Crippen molar-refractivity contribution in [2.45, 2.75) is 42.8 Å². The van der Waals surface area contributed by atoms with Gasteiger partial charge in [0.2, 0.25) is 0 Å². The SMILES string of the molecule is OCc1cncc(C2(O)CCN(CC34CC(c5ccccc53)c3ccc(Cl)cc34)CC2)c1. The van der Waals surface area contributed by atoms with Crippen molar-refractivity contribution in [3.8, 4) is 0 Å². The van der Waals surface area contributed by atoms with Crippen LogP contribution in [0.4, 0.5) is 0 Å². The first kappa shape index (κ1) is 20.4. The maximum Gasteiger partial charge on any atom is 0.0935 e. The van der Waals surface area contributed by atoms with Crippen LogP contribution in [0, 0.1) is 0 Å². The monoisotopic (exact) mass is 446 g/mol. The maximum absolute atomic E-state index is 11.4. The largest absolute Gasteiger partial charge is 0.392 e. The van der Waals surface area contributed by atoms with Crippen molar-refractivity contribution < 1.29 is 10.2 Å². The van der Waals surface area contributed by atoms with E-state index < -0.39 is 5.60 Å². The summed E-state index contributed by atoms with van der Waals surface area (Å²) in [5.41, 5.74) is 6.34. The molecule has 2 heterocycles. The van der Waals surface area contributed by atoms with E-state index in [9.17, 15) is 10.2 Å². The molecule has 164 valence electrons. The molecule has 5 heteroatoms. The first-order chi connectivity index (χ1) is 15.5. The minimum absolute atomic E-state index is 0.0324. The summed E-state index contributed by atoms with van der Waals surface area (Å²) < 4.78 is 0. The Morgan fingerprint density at radius 2 is 1.78 bits per heavy atom. The number of aliphatic hydroxyl groups excluding tert-OH is 1. The van der Waals surface area contributed by atoms with Crippen LogP contribution in [0.3, 0.4) is 0 Å². The van der Waals surface area contributed by atoms with Gasteiger partial charge in [-0.1, -0.05) is 41.9 Å². The summed E-state index contributed by atoms with van der Waals surface area (Å²) in [5, 5.41) is 21.6. The molecule has 0 amide bonds. The molecule has 0 radical (unpaired) electrons. The van der Waals surface area contributed by atoms with E-state index in [1.807, 2.05) is 12.1 Å². The van der Waals surface area contributed by atoms with E-state index in [0.29, 0.717) is 18.8 Å². The lowest BCUT2D eigenvalue weighted by molar-refractivity contribution is -0.0292. The number of halogens is 1. The molecule has 3 aromatic rings. The van der Waals surface area contributed by atoms with Crippen molar-refractivity contribution >= 4 is 11.6 Å². The fourth-order valence-corrected chi connectivity index (χ4v) is 6.57. The maximum atomic E-state index is 11.4. The van der Waals surface area contributed by atoms with E-state index in [1.165, 1.54) is 22.3 Å². The minimum atomic E-state index is -0.890. The standard InChI is InChI=1S/C27H27ClN2O2/c28-20-5-6-22-23-13-26(25(22)12-20,24-4-2-1-3-21(23)24)17-30-9-7-27(32,8-10-30)19-11-18(16-31)14-29-15-19/h1-6,11-12,14-15,23,31-32H,7-10,13,16-17H2. The van der Waals surface area contributed by atoms with Gasteiger partial charge in [-0.3, -0.25) is 4.98 Å². The fourth-order valence-electron chi connectivity index (χ4n) is 6.40. The highest BCUT2D eigenvalue weighted by atomic mass is 35.5. The van der Waals surface area contributed by atoms with Gasteiger partial charge in [-0.15, -0.1) is 0 Å². The molecule has 3 aliphatic rings. The van der Waals surface area contributed by atoms with E-state index in [4.69, 9.17) is 11.6 Å². The van der Waals surface area contributed by atoms with E-state index in [1.54, 1.807) is 12.4 Å². The molecule has 2 atom stereocenters. The van der Waals surface area contributed by atoms with E-state index >= 15 is 0 Å². The molecule has 4 nitrogen and oxygen atoms in total. The molecule has 2 aromatic carbocycles. The predicted octanol–water partition coefficient (Wildman–Crippen LogP) is 4.35. The molecular weight excluding hydrogens is 420 g/mol. The molecule has 0 spiro atoms. The Balaban J connectivity index is 1.29. The minimum Gasteiger partial charge on any atom is -0.392 e. The Hall–Kier alpha value is -2.24. The number of rotatable bonds is 4. The van der Waals surface area contributed by atoms with Gasteiger partial charge in [-0.25, -0.2) is 0 Å². The lowest BCUT2D eigenvalue weighted by atomic mass is 9.74. The van der Waals surface area contributed by atoms with Crippen LogP contribution in [-0.4, -0.2) is 39.7 Å². The summed E-state index contributed by atoms with van der Waals surface area (Å²) in [7, 11) is 0. The number of hydrogen-bond donors (Lipinski definition) is 2. The normalized spacial score (nSPS) is 25.5. The second-order valence-electron chi connectivity index (χ2n) is 9.71. The molecule has 32 heavy (non-hydrogen) atoms. The molecule has 1 aliphatic heterocycles. The van der Waals surface area contributed by atoms with Crippen molar-refractivity contribution in [2.75, 3.05) is 19.6 Å². The number of benzene rings is 2. The van der Waals surface area contributed by atoms with Gasteiger partial charge in [0.05, 0.1) is 12.2 Å². The molecule has 2 aliphatic carbocycles. The Bertz CT molecular complexity index is 1190. The number of fused-ring (bicyclic) bond motifs is 8. The number of likely N-dealkylation sites (tertiary alicyclic amines) is 1. The zero-order valence-corrected chi connectivity index (χ0v) is 18.7. The highest BCUT2D eigenvalue weighted by molar-refractivity contribution is 6.30. The molecule has 1 fully saturated rings. The molecular formula is C27H27ClN2O2. The van der Waals surface area contributed by atoms with Crippen LogP contribution in [0.2, 0.25) is 5.02 Å². The number of piperidine rings is 1. The lowest BCUT2D eigenvalue weighted by Gasteiger charge is -2.42. The third-order valence-electron chi connectivity index (χ3n) is 8.00. The quantitative estimate of drug-likeness (QED) is 0.625. The second kappa shape index (κ2) is 7.39. The first-order valence-corrected chi connectivity index (χ1v) is 11.8. The summed E-state index contributed by atoms with van der Waals surface area (Å²) in [6, 6.07) is 17.2. The van der Waals surface area contributed by atoms with E-state index in [2.05, 4.69) is 46.3 Å². The number of pyridine rings is 1. The Morgan fingerprint density at radius 3 is 2.59 bits per heavy atom. The van der Waals surface area contributed by atoms with Gasteiger partial charge in [-0.05, 0) is 65.3 Å². The molecule has 1 aromatic heterocycles. The van der Waals surface area contributed by atoms with Gasteiger partial charge in [0.1, 0.15) is 0 Å². The number of aliphatic hydroxyl groups is 2. The fraction of sp³-hybridized carbons (Fsp3) is 0.370. The summed E-state index contributed by atoms with van der Waals surface area (Å²) >= 11 is 6.45. The summed E-state index contributed by atoms with van der Waals surface area (Å²) in [6.45, 7) is 2.53. The van der Waals surface area contributed by atoms with Gasteiger partial charge < -0.3 is 15.1 Å². The summed E-state index contributed by atoms with van der Waals surface area (Å²) in [5.74, 6) is 0.451. The van der Waals surface area contributed by atoms with Gasteiger partial charge in [-0.2, -0.15) is 0 Å². The van der Waals surface area contributed by atoms with Crippen molar-refractivity contribution in [3.63, 3.8) is 0 Å². The third-order valence-corrected chi connectivity index (χ3v) is 8.24. The average Bonchev–Trinajstić information content (AvgIpc) is 3.32. The van der Waals surface area contributed by atoms with Crippen LogP contribution in [0.5, 0.6) is 0 Å². The van der Waals surface area contributed by atoms with Crippen LogP contribution in [0.1, 0.15) is 58.6 Å². The predicted molar refractivity (Wildman–Crippen MR) is 125 cm³/mol. The van der Waals surface area contributed by atoms with Crippen molar-refractivity contribution in [1.29, 1.82) is 0 Å².